The fourth-order valence-electron chi connectivity index (χ4n) is 2.14. The molecule has 23 heavy (non-hydrogen) atoms. The molecule has 0 unspecified atom stereocenters. The van der Waals surface area contributed by atoms with Crippen LogP contribution in [0.15, 0.2) is 63.8 Å². The molecule has 0 aliphatic rings. The Morgan fingerprint density at radius 3 is 2.78 bits per heavy atom. The molecule has 0 aliphatic carbocycles. The first-order valence-electron chi connectivity index (χ1n) is 6.84. The van der Waals surface area contributed by atoms with Crippen molar-refractivity contribution in [2.75, 3.05) is 0 Å². The zero-order valence-electron chi connectivity index (χ0n) is 11.8. The van der Waals surface area contributed by atoms with Gasteiger partial charge in [-0.15, -0.1) is 27.8 Å². The molecular formula is C16H10N4OS2. The maximum Gasteiger partial charge on any atom is 0.300 e. The quantitative estimate of drug-likeness (QED) is 0.538. The molecule has 7 heteroatoms. The van der Waals surface area contributed by atoms with Crippen molar-refractivity contribution in [3.8, 4) is 10.4 Å². The number of hydrogen-bond acceptors (Lipinski definition) is 6. The topological polar surface area (TPSA) is 60.1 Å². The second kappa shape index (κ2) is 5.86. The number of benzene rings is 1. The van der Waals surface area contributed by atoms with E-state index in [0.717, 1.165) is 20.1 Å². The minimum atomic E-state index is -0.263. The number of thiophene rings is 2. The molecule has 0 saturated heterocycles. The zero-order chi connectivity index (χ0) is 15.6. The highest BCUT2D eigenvalue weighted by atomic mass is 32.1. The van der Waals surface area contributed by atoms with Gasteiger partial charge in [-0.3, -0.25) is 4.79 Å². The monoisotopic (exact) mass is 338 g/mol. The van der Waals surface area contributed by atoms with E-state index < -0.39 is 0 Å². The van der Waals surface area contributed by atoms with Crippen molar-refractivity contribution in [2.45, 2.75) is 0 Å². The first kappa shape index (κ1) is 14.0. The van der Waals surface area contributed by atoms with E-state index in [0.29, 0.717) is 10.2 Å². The van der Waals surface area contributed by atoms with Crippen LogP contribution < -0.4 is 5.56 Å². The predicted molar refractivity (Wildman–Crippen MR) is 94.4 cm³/mol. The molecule has 1 aromatic carbocycles. The molecule has 5 nitrogen and oxygen atoms in total. The number of nitrogens with zero attached hydrogens (tertiary/aromatic N) is 4. The largest absolute Gasteiger partial charge is 0.300 e. The third kappa shape index (κ3) is 2.71. The lowest BCUT2D eigenvalue weighted by Gasteiger charge is -1.93. The molecule has 0 aliphatic heterocycles. The van der Waals surface area contributed by atoms with E-state index in [1.54, 1.807) is 17.6 Å². The lowest BCUT2D eigenvalue weighted by atomic mass is 10.2. The fraction of sp³-hybridized carbons (Fsp3) is 0. The van der Waals surface area contributed by atoms with E-state index in [4.69, 9.17) is 0 Å². The summed E-state index contributed by atoms with van der Waals surface area (Å²) in [5, 5.41) is 14.6. The zero-order valence-corrected chi connectivity index (χ0v) is 13.4. The van der Waals surface area contributed by atoms with Crippen molar-refractivity contribution in [1.82, 2.24) is 15.1 Å². The molecule has 4 rings (SSSR count). The summed E-state index contributed by atoms with van der Waals surface area (Å²) >= 11 is 2.99. The highest BCUT2D eigenvalue weighted by Crippen LogP contribution is 2.30. The van der Waals surface area contributed by atoms with Gasteiger partial charge in [0.25, 0.3) is 5.56 Å². The maximum atomic E-state index is 12.5. The molecule has 3 heterocycles. The van der Waals surface area contributed by atoms with Crippen molar-refractivity contribution in [3.63, 3.8) is 0 Å². The van der Waals surface area contributed by atoms with Gasteiger partial charge in [0.1, 0.15) is 0 Å². The Morgan fingerprint density at radius 2 is 2.00 bits per heavy atom. The van der Waals surface area contributed by atoms with Crippen LogP contribution in [-0.4, -0.2) is 21.3 Å². The SMILES string of the molecule is O=c1c2cc(-c3ccccc3)sc2nnn1N=Cc1cccs1. The Hall–Kier alpha value is -2.64. The average Bonchev–Trinajstić information content (AvgIpc) is 3.25. The number of fused-ring (bicyclic) bond motifs is 1. The molecular weight excluding hydrogens is 328 g/mol. The van der Waals surface area contributed by atoms with Gasteiger partial charge in [-0.05, 0) is 28.3 Å². The van der Waals surface area contributed by atoms with Crippen molar-refractivity contribution in [3.05, 3.63) is 69.1 Å². The first-order chi connectivity index (χ1) is 11.3. The molecule has 0 bridgehead atoms. The van der Waals surface area contributed by atoms with Gasteiger partial charge in [-0.2, -0.15) is 5.10 Å². The van der Waals surface area contributed by atoms with E-state index >= 15 is 0 Å². The van der Waals surface area contributed by atoms with Crippen molar-refractivity contribution < 1.29 is 0 Å². The van der Waals surface area contributed by atoms with Gasteiger partial charge in [-0.1, -0.05) is 41.2 Å². The number of aromatic nitrogens is 3. The highest BCUT2D eigenvalue weighted by Gasteiger charge is 2.11. The first-order valence-corrected chi connectivity index (χ1v) is 8.54. The summed E-state index contributed by atoms with van der Waals surface area (Å²) in [5.41, 5.74) is 0.796. The summed E-state index contributed by atoms with van der Waals surface area (Å²) in [7, 11) is 0. The van der Waals surface area contributed by atoms with Crippen LogP contribution >= 0.6 is 22.7 Å². The Bertz CT molecular complexity index is 1030. The van der Waals surface area contributed by atoms with E-state index in [1.807, 2.05) is 53.9 Å². The van der Waals surface area contributed by atoms with Gasteiger partial charge < -0.3 is 0 Å². The lowest BCUT2D eigenvalue weighted by Crippen LogP contribution is -2.19. The summed E-state index contributed by atoms with van der Waals surface area (Å²) in [4.78, 5) is 16.1. The van der Waals surface area contributed by atoms with Crippen LogP contribution in [0.5, 0.6) is 0 Å². The molecule has 3 aromatic heterocycles. The fourth-order valence-corrected chi connectivity index (χ4v) is 3.69. The minimum Gasteiger partial charge on any atom is -0.265 e. The Labute approximate surface area is 139 Å². The van der Waals surface area contributed by atoms with Gasteiger partial charge in [0.2, 0.25) is 0 Å². The average molecular weight is 338 g/mol. The second-order valence-electron chi connectivity index (χ2n) is 4.74. The Balaban J connectivity index is 1.78. The molecule has 4 aromatic rings. The van der Waals surface area contributed by atoms with Gasteiger partial charge in [0.05, 0.1) is 11.6 Å². The molecule has 0 spiro atoms. The molecule has 0 fully saturated rings. The molecule has 0 N–H and O–H groups in total. The summed E-state index contributed by atoms with van der Waals surface area (Å²) < 4.78 is 0. The Morgan fingerprint density at radius 1 is 1.13 bits per heavy atom. The van der Waals surface area contributed by atoms with Crippen LogP contribution in [0.3, 0.4) is 0 Å². The molecule has 0 radical (unpaired) electrons. The number of rotatable bonds is 3. The summed E-state index contributed by atoms with van der Waals surface area (Å²) in [6.45, 7) is 0. The maximum absolute atomic E-state index is 12.5. The van der Waals surface area contributed by atoms with Gasteiger partial charge in [0.15, 0.2) is 4.83 Å². The van der Waals surface area contributed by atoms with Gasteiger partial charge >= 0.3 is 0 Å². The van der Waals surface area contributed by atoms with Crippen molar-refractivity contribution >= 4 is 39.1 Å². The van der Waals surface area contributed by atoms with E-state index in [2.05, 4.69) is 15.4 Å². The molecule has 112 valence electrons. The van der Waals surface area contributed by atoms with E-state index in [1.165, 1.54) is 11.3 Å². The van der Waals surface area contributed by atoms with Crippen LogP contribution in [0, 0.1) is 0 Å². The van der Waals surface area contributed by atoms with Crippen molar-refractivity contribution in [1.29, 1.82) is 0 Å². The molecule has 0 saturated carbocycles. The third-order valence-electron chi connectivity index (χ3n) is 3.24. The normalized spacial score (nSPS) is 11.5. The van der Waals surface area contributed by atoms with Crippen LogP contribution in [0.25, 0.3) is 20.7 Å². The van der Waals surface area contributed by atoms with E-state index in [9.17, 15) is 4.79 Å². The Kier molecular flexibility index (Phi) is 3.57. The van der Waals surface area contributed by atoms with Crippen LogP contribution in [-0.2, 0) is 0 Å². The lowest BCUT2D eigenvalue weighted by molar-refractivity contribution is 0.643. The smallest absolute Gasteiger partial charge is 0.265 e. The van der Waals surface area contributed by atoms with Crippen LogP contribution in [0.4, 0.5) is 0 Å². The molecule has 0 atom stereocenters. The van der Waals surface area contributed by atoms with Crippen LogP contribution in [0.2, 0.25) is 0 Å². The van der Waals surface area contributed by atoms with Gasteiger partial charge in [-0.25, -0.2) is 0 Å². The summed E-state index contributed by atoms with van der Waals surface area (Å²) in [5.74, 6) is 0. The van der Waals surface area contributed by atoms with Gasteiger partial charge in [0, 0.05) is 9.75 Å². The van der Waals surface area contributed by atoms with Crippen LogP contribution in [0.1, 0.15) is 4.88 Å². The summed E-state index contributed by atoms with van der Waals surface area (Å²) in [6.07, 6.45) is 1.61. The standard InChI is InChI=1S/C16H10N4OS2/c21-16-13-9-14(11-5-2-1-3-6-11)23-15(13)18-19-20(16)17-10-12-7-4-8-22-12/h1-10H. The molecule has 0 amide bonds. The highest BCUT2D eigenvalue weighted by molar-refractivity contribution is 7.21. The summed E-state index contributed by atoms with van der Waals surface area (Å²) in [6, 6.07) is 15.6. The van der Waals surface area contributed by atoms with Crippen molar-refractivity contribution in [2.24, 2.45) is 5.10 Å². The second-order valence-corrected chi connectivity index (χ2v) is 6.75. The number of hydrogen-bond donors (Lipinski definition) is 0. The minimum absolute atomic E-state index is 0.263. The third-order valence-corrected chi connectivity index (χ3v) is 5.12. The van der Waals surface area contributed by atoms with E-state index in [-0.39, 0.29) is 5.56 Å². The predicted octanol–water partition coefficient (Wildman–Crippen LogP) is 3.46.